The van der Waals surface area contributed by atoms with Gasteiger partial charge in [-0.05, 0) is 52.9 Å². The predicted octanol–water partition coefficient (Wildman–Crippen LogP) is 2.71. The van der Waals surface area contributed by atoms with Gasteiger partial charge >= 0.3 is 7.60 Å². The van der Waals surface area contributed by atoms with Gasteiger partial charge in [0.1, 0.15) is 6.16 Å². The highest BCUT2D eigenvalue weighted by atomic mass is 31.2. The molecule has 1 saturated carbocycles. The molecule has 6 radical (unpaired) electrons. The molecule has 0 N–H and O–H groups in total. The lowest BCUT2D eigenvalue weighted by Gasteiger charge is -2.33. The summed E-state index contributed by atoms with van der Waals surface area (Å²) in [6.07, 6.45) is 9.46. The molecular formula is C15H24NO4P. The summed E-state index contributed by atoms with van der Waals surface area (Å²) in [6.45, 7) is 5.89. The van der Waals surface area contributed by atoms with Crippen LogP contribution in [-0.4, -0.2) is 43.3 Å². The highest BCUT2D eigenvalue weighted by Gasteiger charge is 2.33. The van der Waals surface area contributed by atoms with Gasteiger partial charge in [0.2, 0.25) is 5.91 Å². The molecular weight excluding hydrogens is 289 g/mol. The minimum Gasteiger partial charge on any atom is -0.342 e. The number of amides is 1. The molecule has 1 atom stereocenters. The topological polar surface area (TPSA) is 55.8 Å². The van der Waals surface area contributed by atoms with Gasteiger partial charge in [-0.15, -0.1) is 0 Å². The van der Waals surface area contributed by atoms with Crippen LogP contribution in [-0.2, 0) is 18.4 Å². The molecule has 1 aliphatic rings. The first-order chi connectivity index (χ1) is 9.93. The van der Waals surface area contributed by atoms with E-state index in [2.05, 4.69) is 0 Å². The van der Waals surface area contributed by atoms with Crippen molar-refractivity contribution in [2.75, 3.05) is 26.4 Å². The molecule has 1 fully saturated rings. The van der Waals surface area contributed by atoms with Crippen molar-refractivity contribution in [3.63, 3.8) is 0 Å². The zero-order valence-corrected chi connectivity index (χ0v) is 14.0. The van der Waals surface area contributed by atoms with Gasteiger partial charge in [0, 0.05) is 19.0 Å². The maximum atomic E-state index is 12.4. The molecule has 0 bridgehead atoms. The van der Waals surface area contributed by atoms with Crippen LogP contribution in [0, 0.1) is 38.0 Å². The predicted molar refractivity (Wildman–Crippen MR) is 82.7 cm³/mol. The molecule has 0 spiro atoms. The van der Waals surface area contributed by atoms with E-state index < -0.39 is 7.60 Å². The summed E-state index contributed by atoms with van der Waals surface area (Å²) in [5.41, 5.74) is 0. The monoisotopic (exact) mass is 313 g/mol. The Bertz CT molecular complexity index is 359. The van der Waals surface area contributed by atoms with Crippen molar-refractivity contribution in [3.05, 3.63) is 38.0 Å². The molecule has 0 aliphatic heterocycles. The van der Waals surface area contributed by atoms with Crippen LogP contribution in [0.15, 0.2) is 0 Å². The number of rotatable bonds is 8. The fraction of sp³-hybridized carbons (Fsp3) is 0.533. The Morgan fingerprint density at radius 1 is 1.19 bits per heavy atom. The Balaban J connectivity index is 2.61. The van der Waals surface area contributed by atoms with E-state index in [9.17, 15) is 9.36 Å². The first kappa shape index (κ1) is 18.7. The Labute approximate surface area is 128 Å². The van der Waals surface area contributed by atoms with Crippen LogP contribution < -0.4 is 0 Å². The first-order valence-corrected chi connectivity index (χ1v) is 8.85. The molecule has 0 unspecified atom stereocenters. The molecule has 0 aromatic rings. The van der Waals surface area contributed by atoms with Crippen molar-refractivity contribution in [2.24, 2.45) is 0 Å². The van der Waals surface area contributed by atoms with Crippen LogP contribution in [0.1, 0.15) is 20.8 Å². The van der Waals surface area contributed by atoms with E-state index in [-0.39, 0.29) is 31.3 Å². The number of nitrogens with zero attached hydrogens (tertiary/aromatic N) is 1. The average molecular weight is 313 g/mol. The minimum absolute atomic E-state index is 0.101. The maximum absolute atomic E-state index is 12.4. The smallest absolute Gasteiger partial charge is 0.340 e. The molecule has 0 saturated heterocycles. The summed E-state index contributed by atoms with van der Waals surface area (Å²) >= 11 is 0. The lowest BCUT2D eigenvalue weighted by atomic mass is 9.84. The minimum atomic E-state index is -3.35. The standard InChI is InChI=1S/C15H24NO4P/c1-5-19-21(18,20-6-2)12-15(17)16(4)13(3)14-10-8-7-9-11-14/h7-11,13H,5-6,12H2,1-4H3/t13-/m0/s1. The van der Waals surface area contributed by atoms with E-state index in [4.69, 9.17) is 9.05 Å². The first-order valence-electron chi connectivity index (χ1n) is 7.12. The highest BCUT2D eigenvalue weighted by Crippen LogP contribution is 2.48. The lowest BCUT2D eigenvalue weighted by molar-refractivity contribution is -0.128. The largest absolute Gasteiger partial charge is 0.342 e. The van der Waals surface area contributed by atoms with E-state index in [0.717, 1.165) is 5.92 Å². The highest BCUT2D eigenvalue weighted by molar-refractivity contribution is 7.54. The van der Waals surface area contributed by atoms with Gasteiger partial charge in [-0.25, -0.2) is 0 Å². The van der Waals surface area contributed by atoms with Crippen molar-refractivity contribution in [1.82, 2.24) is 4.90 Å². The molecule has 5 nitrogen and oxygen atoms in total. The van der Waals surface area contributed by atoms with E-state index in [1.165, 1.54) is 0 Å². The SMILES string of the molecule is CCOP(=O)(CC(=O)N(C)[C@@H](C)[C]1[CH][CH][CH][CH][CH]1)OCC. The number of hydrogen-bond donors (Lipinski definition) is 0. The lowest BCUT2D eigenvalue weighted by Crippen LogP contribution is -2.41. The van der Waals surface area contributed by atoms with E-state index in [0.29, 0.717) is 0 Å². The second-order valence-corrected chi connectivity index (χ2v) is 6.75. The Morgan fingerprint density at radius 3 is 2.19 bits per heavy atom. The van der Waals surface area contributed by atoms with Crippen molar-refractivity contribution in [2.45, 2.75) is 26.8 Å². The molecule has 21 heavy (non-hydrogen) atoms. The molecule has 6 heteroatoms. The zero-order valence-electron chi connectivity index (χ0n) is 13.1. The van der Waals surface area contributed by atoms with Crippen LogP contribution in [0.5, 0.6) is 0 Å². The molecule has 0 heterocycles. The van der Waals surface area contributed by atoms with Gasteiger partial charge in [-0.2, -0.15) is 0 Å². The number of carbonyl (C=O) groups excluding carboxylic acids is 1. The van der Waals surface area contributed by atoms with Gasteiger partial charge in [-0.3, -0.25) is 9.36 Å². The summed E-state index contributed by atoms with van der Waals surface area (Å²) in [4.78, 5) is 13.9. The Hall–Kier alpha value is -0.380. The third-order valence-corrected chi connectivity index (χ3v) is 5.20. The summed E-state index contributed by atoms with van der Waals surface area (Å²) in [6, 6.07) is -0.101. The molecule has 1 rings (SSSR count). The third kappa shape index (κ3) is 5.72. The average Bonchev–Trinajstić information content (AvgIpc) is 2.46. The van der Waals surface area contributed by atoms with Gasteiger partial charge in [0.15, 0.2) is 0 Å². The van der Waals surface area contributed by atoms with Crippen molar-refractivity contribution in [1.29, 1.82) is 0 Å². The maximum Gasteiger partial charge on any atom is 0.340 e. The molecule has 118 valence electrons. The van der Waals surface area contributed by atoms with Gasteiger partial charge in [0.25, 0.3) is 0 Å². The van der Waals surface area contributed by atoms with Crippen LogP contribution in [0.2, 0.25) is 0 Å². The number of hydrogen-bond acceptors (Lipinski definition) is 4. The van der Waals surface area contributed by atoms with Gasteiger partial charge < -0.3 is 13.9 Å². The Kier molecular flexibility index (Phi) is 7.93. The van der Waals surface area contributed by atoms with Crippen molar-refractivity contribution < 1.29 is 18.4 Å². The summed E-state index contributed by atoms with van der Waals surface area (Å²) in [5, 5.41) is 0. The van der Waals surface area contributed by atoms with Crippen LogP contribution in [0.3, 0.4) is 0 Å². The van der Waals surface area contributed by atoms with Gasteiger partial charge in [0.05, 0.1) is 13.2 Å². The van der Waals surface area contributed by atoms with E-state index in [1.807, 2.05) is 39.0 Å². The fourth-order valence-electron chi connectivity index (χ4n) is 1.97. The third-order valence-electron chi connectivity index (χ3n) is 3.24. The molecule has 1 aliphatic carbocycles. The van der Waals surface area contributed by atoms with Crippen molar-refractivity contribution >= 4 is 13.5 Å². The quantitative estimate of drug-likeness (QED) is 0.647. The van der Waals surface area contributed by atoms with E-state index in [1.54, 1.807) is 25.8 Å². The van der Waals surface area contributed by atoms with Crippen molar-refractivity contribution in [3.8, 4) is 0 Å². The van der Waals surface area contributed by atoms with Crippen LogP contribution in [0.4, 0.5) is 0 Å². The second-order valence-electron chi connectivity index (χ2n) is 4.70. The normalized spacial score (nSPS) is 18.5. The second kappa shape index (κ2) is 8.92. The molecule has 0 aromatic carbocycles. The Morgan fingerprint density at radius 2 is 1.71 bits per heavy atom. The summed E-state index contributed by atoms with van der Waals surface area (Å²) in [5.74, 6) is 0.771. The van der Waals surface area contributed by atoms with Crippen LogP contribution in [0.25, 0.3) is 0 Å². The summed E-state index contributed by atoms with van der Waals surface area (Å²) < 4.78 is 22.7. The number of carbonyl (C=O) groups is 1. The van der Waals surface area contributed by atoms with E-state index >= 15 is 0 Å². The fourth-order valence-corrected chi connectivity index (χ4v) is 3.57. The van der Waals surface area contributed by atoms with Crippen LogP contribution >= 0.6 is 7.60 Å². The van der Waals surface area contributed by atoms with Gasteiger partial charge in [-0.1, -0.05) is 0 Å². The molecule has 0 aromatic heterocycles. The summed E-state index contributed by atoms with van der Waals surface area (Å²) in [7, 11) is -1.66. The zero-order chi connectivity index (χ0) is 15.9. The molecule has 1 amide bonds.